The van der Waals surface area contributed by atoms with Crippen molar-refractivity contribution in [3.63, 3.8) is 0 Å². The van der Waals surface area contributed by atoms with Crippen LogP contribution in [0.3, 0.4) is 0 Å². The highest BCUT2D eigenvalue weighted by molar-refractivity contribution is 5.89. The Bertz CT molecular complexity index is 500. The molecule has 0 saturated heterocycles. The molecule has 0 aliphatic carbocycles. The molecule has 0 saturated carbocycles. The molecular formula is C12H15N3O. The Kier molecular flexibility index (Phi) is 2.90. The molecule has 0 atom stereocenters. The van der Waals surface area contributed by atoms with E-state index in [-0.39, 0.29) is 6.03 Å². The number of benzene rings is 1. The normalized spacial score (nSPS) is 10.6. The minimum atomic E-state index is -0.0637. The van der Waals surface area contributed by atoms with Gasteiger partial charge in [-0.1, -0.05) is 18.2 Å². The first-order valence-electron chi connectivity index (χ1n) is 5.50. The van der Waals surface area contributed by atoms with Crippen LogP contribution in [0.4, 0.5) is 4.79 Å². The standard InChI is InChI=1S/C12H15N3O/c1-3-14(4-2)12(16)15-11-8-6-5-7-10(11)9-13-15/h5-9H,3-4H2,1-2H3. The number of amides is 1. The second-order valence-corrected chi connectivity index (χ2v) is 3.57. The molecule has 2 aromatic rings. The molecular weight excluding hydrogens is 202 g/mol. The number of fused-ring (bicyclic) bond motifs is 1. The molecule has 0 spiro atoms. The fourth-order valence-corrected chi connectivity index (χ4v) is 1.75. The van der Waals surface area contributed by atoms with Crippen LogP contribution >= 0.6 is 0 Å². The van der Waals surface area contributed by atoms with E-state index >= 15 is 0 Å². The molecule has 1 amide bonds. The molecule has 1 heterocycles. The summed E-state index contributed by atoms with van der Waals surface area (Å²) in [6, 6.07) is 7.65. The summed E-state index contributed by atoms with van der Waals surface area (Å²) < 4.78 is 1.46. The van der Waals surface area contributed by atoms with Crippen LogP contribution < -0.4 is 0 Å². The van der Waals surface area contributed by atoms with Crippen LogP contribution in [0.2, 0.25) is 0 Å². The zero-order valence-corrected chi connectivity index (χ0v) is 9.55. The van der Waals surface area contributed by atoms with E-state index in [1.807, 2.05) is 38.1 Å². The first-order valence-corrected chi connectivity index (χ1v) is 5.50. The van der Waals surface area contributed by atoms with E-state index in [0.29, 0.717) is 13.1 Å². The summed E-state index contributed by atoms with van der Waals surface area (Å²) in [4.78, 5) is 13.9. The van der Waals surface area contributed by atoms with Crippen molar-refractivity contribution in [3.05, 3.63) is 30.5 Å². The van der Waals surface area contributed by atoms with E-state index in [2.05, 4.69) is 5.10 Å². The predicted molar refractivity (Wildman–Crippen MR) is 63.4 cm³/mol. The number of aromatic nitrogens is 2. The van der Waals surface area contributed by atoms with Crippen LogP contribution in [0.5, 0.6) is 0 Å². The average Bonchev–Trinajstić information content (AvgIpc) is 2.74. The Morgan fingerprint density at radius 1 is 1.31 bits per heavy atom. The molecule has 1 aromatic heterocycles. The summed E-state index contributed by atoms with van der Waals surface area (Å²) in [5.74, 6) is 0. The molecule has 84 valence electrons. The lowest BCUT2D eigenvalue weighted by molar-refractivity contribution is 0.203. The maximum atomic E-state index is 12.1. The topological polar surface area (TPSA) is 38.1 Å². The Balaban J connectivity index is 2.43. The Labute approximate surface area is 94.5 Å². The smallest absolute Gasteiger partial charge is 0.323 e. The SMILES string of the molecule is CCN(CC)C(=O)n1ncc2ccccc21. The van der Waals surface area contributed by atoms with Crippen molar-refractivity contribution in [1.29, 1.82) is 0 Å². The third kappa shape index (κ3) is 1.66. The van der Waals surface area contributed by atoms with Crippen LogP contribution in [0, 0.1) is 0 Å². The second-order valence-electron chi connectivity index (χ2n) is 3.57. The van der Waals surface area contributed by atoms with Gasteiger partial charge in [-0.15, -0.1) is 0 Å². The molecule has 4 heteroatoms. The molecule has 0 unspecified atom stereocenters. The van der Waals surface area contributed by atoms with E-state index in [0.717, 1.165) is 10.9 Å². The quantitative estimate of drug-likeness (QED) is 0.774. The molecule has 4 nitrogen and oxygen atoms in total. The van der Waals surface area contributed by atoms with Gasteiger partial charge in [0.1, 0.15) is 0 Å². The molecule has 0 radical (unpaired) electrons. The van der Waals surface area contributed by atoms with Crippen molar-refractivity contribution in [2.24, 2.45) is 0 Å². The largest absolute Gasteiger partial charge is 0.345 e. The van der Waals surface area contributed by atoms with Crippen LogP contribution in [0.25, 0.3) is 10.9 Å². The monoisotopic (exact) mass is 217 g/mol. The number of carbonyl (C=O) groups is 1. The first kappa shape index (κ1) is 10.7. The first-order chi connectivity index (χ1) is 7.77. The van der Waals surface area contributed by atoms with Gasteiger partial charge in [0.2, 0.25) is 0 Å². The van der Waals surface area contributed by atoms with Crippen LogP contribution in [-0.2, 0) is 0 Å². The molecule has 1 aromatic carbocycles. The van der Waals surface area contributed by atoms with Gasteiger partial charge in [0.25, 0.3) is 0 Å². The third-order valence-corrected chi connectivity index (χ3v) is 2.69. The van der Waals surface area contributed by atoms with Gasteiger partial charge in [-0.2, -0.15) is 9.78 Å². The zero-order chi connectivity index (χ0) is 11.5. The van der Waals surface area contributed by atoms with Gasteiger partial charge >= 0.3 is 6.03 Å². The van der Waals surface area contributed by atoms with Crippen LogP contribution in [0.15, 0.2) is 30.5 Å². The highest BCUT2D eigenvalue weighted by Gasteiger charge is 2.14. The number of para-hydroxylation sites is 1. The van der Waals surface area contributed by atoms with Gasteiger partial charge in [0.05, 0.1) is 11.7 Å². The Hall–Kier alpha value is -1.84. The van der Waals surface area contributed by atoms with Crippen molar-refractivity contribution in [1.82, 2.24) is 14.7 Å². The molecule has 0 fully saturated rings. The van der Waals surface area contributed by atoms with Crippen molar-refractivity contribution < 1.29 is 4.79 Å². The van der Waals surface area contributed by atoms with Gasteiger partial charge in [-0.25, -0.2) is 4.79 Å². The lowest BCUT2D eigenvalue weighted by Crippen LogP contribution is -2.34. The summed E-state index contributed by atoms with van der Waals surface area (Å²) in [6.45, 7) is 5.33. The lowest BCUT2D eigenvalue weighted by Gasteiger charge is -2.18. The van der Waals surface area contributed by atoms with E-state index in [9.17, 15) is 4.79 Å². The molecule has 0 aliphatic heterocycles. The van der Waals surface area contributed by atoms with Crippen molar-refractivity contribution in [2.45, 2.75) is 13.8 Å². The predicted octanol–water partition coefficient (Wildman–Crippen LogP) is 2.35. The molecule has 0 bridgehead atoms. The fourth-order valence-electron chi connectivity index (χ4n) is 1.75. The summed E-state index contributed by atoms with van der Waals surface area (Å²) in [5, 5.41) is 5.13. The van der Waals surface area contributed by atoms with Gasteiger partial charge in [-0.3, -0.25) is 0 Å². The summed E-state index contributed by atoms with van der Waals surface area (Å²) in [5.41, 5.74) is 0.861. The lowest BCUT2D eigenvalue weighted by atomic mass is 10.3. The van der Waals surface area contributed by atoms with Gasteiger partial charge in [-0.05, 0) is 19.9 Å². The molecule has 2 rings (SSSR count). The minimum absolute atomic E-state index is 0.0637. The van der Waals surface area contributed by atoms with Crippen LogP contribution in [0.1, 0.15) is 13.8 Å². The maximum absolute atomic E-state index is 12.1. The Morgan fingerprint density at radius 2 is 2.00 bits per heavy atom. The summed E-state index contributed by atoms with van der Waals surface area (Å²) in [7, 11) is 0. The summed E-state index contributed by atoms with van der Waals surface area (Å²) in [6.07, 6.45) is 1.72. The number of hydrogen-bond donors (Lipinski definition) is 0. The third-order valence-electron chi connectivity index (χ3n) is 2.69. The maximum Gasteiger partial charge on any atom is 0.345 e. The average molecular weight is 217 g/mol. The second kappa shape index (κ2) is 4.35. The number of hydrogen-bond acceptors (Lipinski definition) is 2. The molecule has 16 heavy (non-hydrogen) atoms. The van der Waals surface area contributed by atoms with Gasteiger partial charge in [0.15, 0.2) is 0 Å². The van der Waals surface area contributed by atoms with Crippen molar-refractivity contribution >= 4 is 16.9 Å². The van der Waals surface area contributed by atoms with Crippen LogP contribution in [-0.4, -0.2) is 33.8 Å². The fraction of sp³-hybridized carbons (Fsp3) is 0.333. The highest BCUT2D eigenvalue weighted by atomic mass is 16.2. The minimum Gasteiger partial charge on any atom is -0.323 e. The molecule has 0 N–H and O–H groups in total. The van der Waals surface area contributed by atoms with Gasteiger partial charge < -0.3 is 4.90 Å². The number of carbonyl (C=O) groups excluding carboxylic acids is 1. The van der Waals surface area contributed by atoms with Crippen molar-refractivity contribution in [3.8, 4) is 0 Å². The number of rotatable bonds is 2. The molecule has 0 aliphatic rings. The van der Waals surface area contributed by atoms with E-state index in [4.69, 9.17) is 0 Å². The van der Waals surface area contributed by atoms with E-state index < -0.39 is 0 Å². The Morgan fingerprint density at radius 3 is 2.69 bits per heavy atom. The van der Waals surface area contributed by atoms with E-state index in [1.165, 1.54) is 4.68 Å². The number of nitrogens with zero attached hydrogens (tertiary/aromatic N) is 3. The van der Waals surface area contributed by atoms with E-state index in [1.54, 1.807) is 11.1 Å². The van der Waals surface area contributed by atoms with Crippen molar-refractivity contribution in [2.75, 3.05) is 13.1 Å². The summed E-state index contributed by atoms with van der Waals surface area (Å²) >= 11 is 0. The highest BCUT2D eigenvalue weighted by Crippen LogP contribution is 2.13. The van der Waals surface area contributed by atoms with Gasteiger partial charge in [0, 0.05) is 18.5 Å². The zero-order valence-electron chi connectivity index (χ0n) is 9.55.